The summed E-state index contributed by atoms with van der Waals surface area (Å²) < 4.78 is 59.6. The number of aliphatic hydroxyl groups is 1. The number of halogens is 2. The number of ether oxygens (including phenoxy) is 9. The quantitative estimate of drug-likeness (QED) is 0.0325. The number of rotatable bonds is 11. The van der Waals surface area contributed by atoms with E-state index in [4.69, 9.17) is 51.5 Å². The van der Waals surface area contributed by atoms with Crippen molar-refractivity contribution < 1.29 is 167 Å². The van der Waals surface area contributed by atoms with Crippen LogP contribution in [0.2, 0.25) is 0 Å². The zero-order chi connectivity index (χ0) is 104. The van der Waals surface area contributed by atoms with Gasteiger partial charge in [-0.2, -0.15) is 0 Å². The van der Waals surface area contributed by atoms with Crippen molar-refractivity contribution in [2.75, 3.05) is 33.0 Å². The molecule has 3 unspecified atom stereocenters. The number of aromatic hydroxyl groups is 12. The van der Waals surface area contributed by atoms with E-state index in [0.717, 1.165) is 94.6 Å². The molecule has 0 aliphatic carbocycles. The first kappa shape index (κ1) is 107. The summed E-state index contributed by atoms with van der Waals surface area (Å²) in [6, 6.07) is 76.2. The lowest BCUT2D eigenvalue weighted by Gasteiger charge is -2.32. The van der Waals surface area contributed by atoms with Gasteiger partial charge in [-0.25, -0.2) is 8.83 Å². The Kier molecular flexibility index (Phi) is 34.6. The van der Waals surface area contributed by atoms with E-state index in [1.165, 1.54) is 76.4 Å². The summed E-state index contributed by atoms with van der Waals surface area (Å²) in [7, 11) is 0. The van der Waals surface area contributed by atoms with Crippen molar-refractivity contribution in [2.45, 2.75) is 73.3 Å². The minimum absolute atomic E-state index is 0. The molecule has 5 aliphatic rings. The lowest BCUT2D eigenvalue weighted by Crippen LogP contribution is -3.00. The number of hydrogen-bond donors (Lipinski definition) is 13. The SMILES string of the molecule is CC(=O)Oc1ccc(C2=Cc3c(C)cc(OC(C)=O)cc3OC2)cc1.CC(=O)Oc1ccc(C2COc3cc(OC(C)=O)cc(C)c3C2O)cc1.Cc1cc(O)cc2c1C(=O)C(c1ccc(O)cc1)CO2.Cc1cc(O)cc2c1C=C(c1ccc(O)cc1)CO2.Oc1cc(O)c2cc(-c3ccccc3)c[o+]c2c1.Oc1cccc(-c2c[o+]c3cc(O)cc(O)c3c2)c1.Oc1cccc(C2=Cc3c(O)cc(O)cc3OC2)c1.[Cl-].[Cl-]. The number of Topliss-reactive ketones (excluding diaryl/α,β-unsaturated/α-hetero) is 1. The Bertz CT molecular complexity index is 7740. The summed E-state index contributed by atoms with van der Waals surface area (Å²) in [5, 5.41) is 126. The highest BCUT2D eigenvalue weighted by Gasteiger charge is 2.35. The number of fused-ring (bicyclic) bond motifs is 7. The monoisotopic (exact) mass is 2040 g/mol. The average Bonchev–Trinajstić information content (AvgIpc) is 0.778. The van der Waals surface area contributed by atoms with Crippen molar-refractivity contribution in [3.05, 3.63) is 363 Å². The Balaban J connectivity index is 0.000000144. The third kappa shape index (κ3) is 26.8. The molecule has 31 heteroatoms. The maximum absolute atomic E-state index is 12.6. The fraction of sp³-hybridized carbons (Fsp3) is 0.137. The van der Waals surface area contributed by atoms with Gasteiger partial charge in [0.25, 0.3) is 0 Å². The highest BCUT2D eigenvalue weighted by atomic mass is 35.5. The standard InChI is InChI=1S/C20H20O6.C20H18O5.C16H14O4.C16H14O3.C15H12O4.C15H10O4.C15H10O3.2ClH/c1-11-8-16(26-13(3)22)9-18-19(11)20(23)17(10-24-18)14-4-6-15(7-5-14)25-12(2)21;1-12-8-18(25-14(3)22)10-20-19(12)9-16(11-23-20)15-4-6-17(7-5-15)24-13(2)21;1-9-6-12(18)7-14-15(9)16(19)13(8-20-14)10-2-4-11(17)5-3-10;1-10-6-14(18)8-16-15(10)7-12(9-19-16)11-2-4-13(17)5-3-11;2*16-11-3-1-2-9(4-11)10-5-13-14(18)6-12(17)7-15(13)19-8-10;16-12-7-14(17)13-6-11(9-18-15(13)8-12)10-4-2-1-3-5-10;;/h4-9,17,20,23H,10H2,1-3H3;4-10H,11H2,1-3H3;2-7,13,17-18H,8H2,1H3;2-8,17-18H,9H2,1H3;1-7,16-18H,8H2;1-8H,(H2-,16,17,18);1-9H,(H-,16,17);2*1H. The second kappa shape index (κ2) is 47.8. The van der Waals surface area contributed by atoms with Crippen LogP contribution in [0.3, 0.4) is 0 Å². The molecule has 29 nitrogen and oxygen atoms in total. The van der Waals surface area contributed by atoms with Crippen molar-refractivity contribution in [1.82, 2.24) is 0 Å². The van der Waals surface area contributed by atoms with Crippen LogP contribution < -0.4 is 67.4 Å². The summed E-state index contributed by atoms with van der Waals surface area (Å²) >= 11 is 0. The molecule has 0 spiro atoms. The molecular weight excluding hydrogens is 1940 g/mol. The van der Waals surface area contributed by atoms with Gasteiger partial charge < -0.3 is 134 Å². The molecule has 2 aromatic heterocycles. The van der Waals surface area contributed by atoms with Gasteiger partial charge in [-0.05, 0) is 233 Å². The summed E-state index contributed by atoms with van der Waals surface area (Å²) in [5.74, 6) is 3.35. The number of ketones is 1. The number of benzene rings is 14. The van der Waals surface area contributed by atoms with Gasteiger partial charge in [-0.3, -0.25) is 24.0 Å². The van der Waals surface area contributed by atoms with E-state index >= 15 is 0 Å². The van der Waals surface area contributed by atoms with Crippen LogP contribution in [-0.4, -0.2) is 129 Å². The van der Waals surface area contributed by atoms with Gasteiger partial charge in [0, 0.05) is 98.8 Å². The Labute approximate surface area is 860 Å². The zero-order valence-electron chi connectivity index (χ0n) is 80.7. The summed E-state index contributed by atoms with van der Waals surface area (Å²) in [6.45, 7) is 14.6. The minimum atomic E-state index is -0.760. The fourth-order valence-electron chi connectivity index (χ4n) is 16.7. The van der Waals surface area contributed by atoms with Gasteiger partial charge >= 0.3 is 47.6 Å². The molecule has 5 aliphatic heterocycles. The number of hydrogen-bond acceptors (Lipinski definition) is 27. The topological polar surface area (TPSA) is 454 Å². The zero-order valence-corrected chi connectivity index (χ0v) is 82.2. The van der Waals surface area contributed by atoms with E-state index in [1.807, 2.05) is 112 Å². The van der Waals surface area contributed by atoms with Crippen LogP contribution in [-0.2, 0) is 19.2 Å². The number of aliphatic hydroxyl groups excluding tert-OH is 1. The molecule has 756 valence electrons. The number of carbonyl (C=O) groups excluding carboxylic acids is 5. The van der Waals surface area contributed by atoms with Crippen LogP contribution in [0.1, 0.15) is 128 Å². The normalized spacial score (nSPS) is 13.8. The summed E-state index contributed by atoms with van der Waals surface area (Å²) in [5.41, 5.74) is 18.8. The first-order valence-electron chi connectivity index (χ1n) is 45.7. The molecule has 148 heavy (non-hydrogen) atoms. The molecule has 13 N–H and O–H groups in total. The van der Waals surface area contributed by atoms with Crippen LogP contribution in [0, 0.1) is 27.7 Å². The molecule has 0 bridgehead atoms. The van der Waals surface area contributed by atoms with Crippen molar-refractivity contribution in [3.8, 4) is 143 Å². The third-order valence-corrected chi connectivity index (χ3v) is 23.6. The van der Waals surface area contributed by atoms with E-state index < -0.39 is 12.1 Å². The maximum atomic E-state index is 12.6. The van der Waals surface area contributed by atoms with E-state index in [-0.39, 0.29) is 143 Å². The maximum Gasteiger partial charge on any atom is 0.367 e. The van der Waals surface area contributed by atoms with Crippen molar-refractivity contribution in [2.24, 2.45) is 0 Å². The number of phenolic OH excluding ortho intramolecular Hbond substituents is 12. The number of aryl methyl sites for hydroxylation is 4. The predicted octanol–water partition coefficient (Wildman–Crippen LogP) is 17.0. The molecule has 16 aromatic rings. The third-order valence-electron chi connectivity index (χ3n) is 23.6. The van der Waals surface area contributed by atoms with Crippen LogP contribution in [0.5, 0.6) is 121 Å². The highest BCUT2D eigenvalue weighted by Crippen LogP contribution is 2.48. The molecule has 0 saturated heterocycles. The molecule has 0 radical (unpaired) electrons. The van der Waals surface area contributed by atoms with Crippen LogP contribution in [0.25, 0.3) is 79.1 Å². The van der Waals surface area contributed by atoms with Gasteiger partial charge in [0.1, 0.15) is 158 Å². The van der Waals surface area contributed by atoms with Crippen molar-refractivity contribution in [3.63, 3.8) is 0 Å². The fourth-order valence-corrected chi connectivity index (χ4v) is 16.7. The largest absolute Gasteiger partial charge is 1.00 e. The Morgan fingerprint density at radius 1 is 0.311 bits per heavy atom. The van der Waals surface area contributed by atoms with Gasteiger partial charge in [0.05, 0.1) is 53.0 Å². The second-order valence-corrected chi connectivity index (χ2v) is 34.5. The smallest absolute Gasteiger partial charge is 0.367 e. The molecule has 0 fully saturated rings. The molecule has 21 rings (SSSR count). The van der Waals surface area contributed by atoms with E-state index in [1.54, 1.807) is 159 Å². The van der Waals surface area contributed by atoms with Gasteiger partial charge in [0.15, 0.2) is 5.78 Å². The number of carbonyl (C=O) groups is 5. The Morgan fingerprint density at radius 3 is 1.23 bits per heavy atom. The molecular formula is C117H100Cl2O29. The van der Waals surface area contributed by atoms with Gasteiger partial charge in [-0.15, -0.1) is 0 Å². The van der Waals surface area contributed by atoms with Crippen LogP contribution in [0.4, 0.5) is 0 Å². The highest BCUT2D eigenvalue weighted by molar-refractivity contribution is 6.06. The Hall–Kier alpha value is -18.2. The van der Waals surface area contributed by atoms with Crippen molar-refractivity contribution >= 4 is 86.5 Å². The van der Waals surface area contributed by atoms with E-state index in [2.05, 4.69) is 12.2 Å². The lowest BCUT2D eigenvalue weighted by atomic mass is 9.85. The van der Waals surface area contributed by atoms with Crippen LogP contribution >= 0.6 is 0 Å². The number of esters is 4. The van der Waals surface area contributed by atoms with E-state index in [0.29, 0.717) is 116 Å². The molecule has 14 aromatic carbocycles. The van der Waals surface area contributed by atoms with E-state index in [9.17, 15) is 90.4 Å². The molecule has 0 amide bonds. The van der Waals surface area contributed by atoms with Gasteiger partial charge in [0.2, 0.25) is 0 Å². The molecule has 7 heterocycles. The van der Waals surface area contributed by atoms with Gasteiger partial charge in [-0.1, -0.05) is 103 Å². The summed E-state index contributed by atoms with van der Waals surface area (Å²) in [4.78, 5) is 56.9. The first-order chi connectivity index (χ1) is 70.0. The Morgan fingerprint density at radius 2 is 0.703 bits per heavy atom. The van der Waals surface area contributed by atoms with Crippen LogP contribution in [0.15, 0.2) is 294 Å². The first-order valence-corrected chi connectivity index (χ1v) is 45.7. The second-order valence-electron chi connectivity index (χ2n) is 34.5. The number of phenols is 12. The van der Waals surface area contributed by atoms with Crippen molar-refractivity contribution in [1.29, 1.82) is 0 Å². The minimum Gasteiger partial charge on any atom is -1.00 e. The lowest BCUT2D eigenvalue weighted by molar-refractivity contribution is -0.132. The molecule has 0 saturated carbocycles. The predicted molar refractivity (Wildman–Crippen MR) is 547 cm³/mol. The molecule has 3 atom stereocenters. The average molecular weight is 2040 g/mol. The summed E-state index contributed by atoms with van der Waals surface area (Å²) in [6.07, 6.45) is 8.28.